The fourth-order valence-corrected chi connectivity index (χ4v) is 2.34. The standard InChI is InChI=1S/C15H16FN5/c1-10-8-13(11-4-3-5-12(16)15(11)20-10)17-7-6-14-18-9-19-21(14)2/h3-5,8-9H,6-7H2,1-2H3,(H,17,20). The number of para-hydroxylation sites is 1. The monoisotopic (exact) mass is 285 g/mol. The summed E-state index contributed by atoms with van der Waals surface area (Å²) in [7, 11) is 1.86. The fourth-order valence-electron chi connectivity index (χ4n) is 2.34. The highest BCUT2D eigenvalue weighted by molar-refractivity contribution is 5.91. The third-order valence-corrected chi connectivity index (χ3v) is 3.39. The minimum Gasteiger partial charge on any atom is -0.384 e. The number of nitrogens with zero attached hydrogens (tertiary/aromatic N) is 4. The van der Waals surface area contributed by atoms with Crippen molar-refractivity contribution < 1.29 is 4.39 Å². The summed E-state index contributed by atoms with van der Waals surface area (Å²) in [6.45, 7) is 2.56. The topological polar surface area (TPSA) is 55.6 Å². The molecule has 3 aromatic rings. The Labute approximate surface area is 121 Å². The largest absolute Gasteiger partial charge is 0.384 e. The molecule has 0 spiro atoms. The van der Waals surface area contributed by atoms with E-state index in [1.165, 1.54) is 12.4 Å². The molecule has 0 radical (unpaired) electrons. The van der Waals surface area contributed by atoms with Crippen molar-refractivity contribution in [2.75, 3.05) is 11.9 Å². The van der Waals surface area contributed by atoms with Gasteiger partial charge in [0.25, 0.3) is 0 Å². The smallest absolute Gasteiger partial charge is 0.149 e. The molecule has 0 amide bonds. The van der Waals surface area contributed by atoms with E-state index in [2.05, 4.69) is 20.4 Å². The zero-order valence-electron chi connectivity index (χ0n) is 12.0. The molecule has 6 heteroatoms. The third kappa shape index (κ3) is 2.69. The Kier molecular flexibility index (Phi) is 3.51. The Hall–Kier alpha value is -2.50. The van der Waals surface area contributed by atoms with Crippen LogP contribution in [0.2, 0.25) is 0 Å². The first-order valence-electron chi connectivity index (χ1n) is 6.78. The maximum absolute atomic E-state index is 13.8. The number of hydrogen-bond donors (Lipinski definition) is 1. The van der Waals surface area contributed by atoms with E-state index in [1.54, 1.807) is 10.7 Å². The molecule has 5 nitrogen and oxygen atoms in total. The predicted molar refractivity (Wildman–Crippen MR) is 79.6 cm³/mol. The molecule has 21 heavy (non-hydrogen) atoms. The second-order valence-corrected chi connectivity index (χ2v) is 4.92. The molecule has 0 aliphatic rings. The van der Waals surface area contributed by atoms with Crippen LogP contribution in [0.3, 0.4) is 0 Å². The summed E-state index contributed by atoms with van der Waals surface area (Å²) in [5.41, 5.74) is 2.08. The van der Waals surface area contributed by atoms with Crippen LogP contribution < -0.4 is 5.32 Å². The van der Waals surface area contributed by atoms with Crippen LogP contribution in [0.4, 0.5) is 10.1 Å². The molecule has 0 atom stereocenters. The number of hydrogen-bond acceptors (Lipinski definition) is 4. The minimum atomic E-state index is -0.299. The molecule has 0 fully saturated rings. The lowest BCUT2D eigenvalue weighted by Crippen LogP contribution is -2.10. The van der Waals surface area contributed by atoms with Crippen molar-refractivity contribution in [3.8, 4) is 0 Å². The molecule has 3 rings (SSSR count). The lowest BCUT2D eigenvalue weighted by molar-refractivity contribution is 0.636. The normalized spacial score (nSPS) is 11.0. The number of anilines is 1. The van der Waals surface area contributed by atoms with E-state index in [0.717, 1.165) is 29.0 Å². The molecule has 0 saturated heterocycles. The van der Waals surface area contributed by atoms with Gasteiger partial charge in [-0.15, -0.1) is 0 Å². The van der Waals surface area contributed by atoms with Crippen LogP contribution >= 0.6 is 0 Å². The van der Waals surface area contributed by atoms with Gasteiger partial charge in [0.1, 0.15) is 23.5 Å². The van der Waals surface area contributed by atoms with Gasteiger partial charge in [0.15, 0.2) is 0 Å². The number of aryl methyl sites for hydroxylation is 2. The van der Waals surface area contributed by atoms with Crippen molar-refractivity contribution in [2.24, 2.45) is 7.05 Å². The second-order valence-electron chi connectivity index (χ2n) is 4.92. The summed E-state index contributed by atoms with van der Waals surface area (Å²) >= 11 is 0. The number of benzene rings is 1. The van der Waals surface area contributed by atoms with Crippen molar-refractivity contribution in [1.29, 1.82) is 0 Å². The molecule has 0 bridgehead atoms. The summed E-state index contributed by atoms with van der Waals surface area (Å²) in [6, 6.07) is 6.93. The van der Waals surface area contributed by atoms with E-state index in [-0.39, 0.29) is 5.82 Å². The number of halogens is 1. The third-order valence-electron chi connectivity index (χ3n) is 3.39. The molecular weight excluding hydrogens is 269 g/mol. The van der Waals surface area contributed by atoms with Gasteiger partial charge in [0, 0.05) is 36.8 Å². The highest BCUT2D eigenvalue weighted by Crippen LogP contribution is 2.24. The lowest BCUT2D eigenvalue weighted by Gasteiger charge is -2.11. The van der Waals surface area contributed by atoms with Crippen LogP contribution in [0.1, 0.15) is 11.5 Å². The van der Waals surface area contributed by atoms with Gasteiger partial charge in [-0.3, -0.25) is 4.68 Å². The molecule has 1 N–H and O–H groups in total. The molecule has 0 aliphatic heterocycles. The van der Waals surface area contributed by atoms with Gasteiger partial charge in [-0.25, -0.2) is 14.4 Å². The maximum atomic E-state index is 13.8. The van der Waals surface area contributed by atoms with Crippen LogP contribution in [0.25, 0.3) is 10.9 Å². The van der Waals surface area contributed by atoms with Gasteiger partial charge >= 0.3 is 0 Å². The number of pyridine rings is 1. The van der Waals surface area contributed by atoms with Crippen LogP contribution in [0.15, 0.2) is 30.6 Å². The van der Waals surface area contributed by atoms with Gasteiger partial charge in [-0.05, 0) is 19.1 Å². The summed E-state index contributed by atoms with van der Waals surface area (Å²) in [6.07, 6.45) is 2.28. The molecule has 0 aliphatic carbocycles. The van der Waals surface area contributed by atoms with E-state index in [4.69, 9.17) is 0 Å². The van der Waals surface area contributed by atoms with Crippen molar-refractivity contribution in [2.45, 2.75) is 13.3 Å². The van der Waals surface area contributed by atoms with E-state index in [0.29, 0.717) is 12.1 Å². The fraction of sp³-hybridized carbons (Fsp3) is 0.267. The van der Waals surface area contributed by atoms with Crippen molar-refractivity contribution >= 4 is 16.6 Å². The van der Waals surface area contributed by atoms with Gasteiger partial charge in [0.05, 0.1) is 0 Å². The SMILES string of the molecule is Cc1cc(NCCc2ncnn2C)c2cccc(F)c2n1. The van der Waals surface area contributed by atoms with Crippen molar-refractivity contribution in [3.05, 3.63) is 47.9 Å². The first-order valence-corrected chi connectivity index (χ1v) is 6.78. The zero-order chi connectivity index (χ0) is 14.8. The molecule has 2 aromatic heterocycles. The molecule has 2 heterocycles. The molecule has 0 saturated carbocycles. The number of nitrogens with one attached hydrogen (secondary N) is 1. The number of rotatable bonds is 4. The maximum Gasteiger partial charge on any atom is 0.149 e. The lowest BCUT2D eigenvalue weighted by atomic mass is 10.1. The molecule has 0 unspecified atom stereocenters. The minimum absolute atomic E-state index is 0.299. The van der Waals surface area contributed by atoms with E-state index < -0.39 is 0 Å². The number of fused-ring (bicyclic) bond motifs is 1. The Morgan fingerprint density at radius 1 is 1.33 bits per heavy atom. The first kappa shape index (κ1) is 13.5. The van der Waals surface area contributed by atoms with Crippen LogP contribution in [0.5, 0.6) is 0 Å². The Balaban J connectivity index is 1.84. The van der Waals surface area contributed by atoms with Gasteiger partial charge in [-0.1, -0.05) is 12.1 Å². The summed E-state index contributed by atoms with van der Waals surface area (Å²) in [5, 5.41) is 8.16. The Morgan fingerprint density at radius 3 is 2.95 bits per heavy atom. The summed E-state index contributed by atoms with van der Waals surface area (Å²) in [4.78, 5) is 8.45. The molecular formula is C15H16FN5. The van der Waals surface area contributed by atoms with Gasteiger partial charge in [0.2, 0.25) is 0 Å². The predicted octanol–water partition coefficient (Wildman–Crippen LogP) is 2.47. The Morgan fingerprint density at radius 2 is 2.19 bits per heavy atom. The van der Waals surface area contributed by atoms with Crippen LogP contribution in [-0.4, -0.2) is 26.3 Å². The van der Waals surface area contributed by atoms with E-state index in [1.807, 2.05) is 26.1 Å². The first-order chi connectivity index (χ1) is 10.1. The molecule has 108 valence electrons. The number of aromatic nitrogens is 4. The highest BCUT2D eigenvalue weighted by Gasteiger charge is 2.08. The highest BCUT2D eigenvalue weighted by atomic mass is 19.1. The zero-order valence-corrected chi connectivity index (χ0v) is 12.0. The van der Waals surface area contributed by atoms with Crippen molar-refractivity contribution in [3.63, 3.8) is 0 Å². The van der Waals surface area contributed by atoms with Gasteiger partial charge in [-0.2, -0.15) is 5.10 Å². The summed E-state index contributed by atoms with van der Waals surface area (Å²) in [5.74, 6) is 0.608. The average Bonchev–Trinajstić information content (AvgIpc) is 2.86. The summed E-state index contributed by atoms with van der Waals surface area (Å²) < 4.78 is 15.6. The van der Waals surface area contributed by atoms with Gasteiger partial charge < -0.3 is 5.32 Å². The van der Waals surface area contributed by atoms with E-state index in [9.17, 15) is 4.39 Å². The average molecular weight is 285 g/mol. The second kappa shape index (κ2) is 5.47. The van der Waals surface area contributed by atoms with E-state index >= 15 is 0 Å². The van der Waals surface area contributed by atoms with Crippen LogP contribution in [-0.2, 0) is 13.5 Å². The van der Waals surface area contributed by atoms with Crippen LogP contribution in [0, 0.1) is 12.7 Å². The Bertz CT molecular complexity index is 781. The van der Waals surface area contributed by atoms with Crippen molar-refractivity contribution in [1.82, 2.24) is 19.7 Å². The molecule has 1 aromatic carbocycles. The quantitative estimate of drug-likeness (QED) is 0.800.